The number of hydrogen-bond acceptors (Lipinski definition) is 17. The van der Waals surface area contributed by atoms with E-state index in [2.05, 4.69) is 335 Å². The number of esters is 4. The molecular weight excluding hydrogens is 1790 g/mol. The zero-order chi connectivity index (χ0) is 85.4. The van der Waals surface area contributed by atoms with Crippen molar-refractivity contribution < 1.29 is 78.3 Å². The Morgan fingerprint density at radius 2 is 0.482 bits per heavy atom. The summed E-state index contributed by atoms with van der Waals surface area (Å²) in [7, 11) is -21.0. The average Bonchev–Trinajstić information content (AvgIpc) is 1.09. The Bertz CT molecular complexity index is 4040. The summed E-state index contributed by atoms with van der Waals surface area (Å²) in [6.45, 7) is 84.5. The lowest BCUT2D eigenvalue weighted by Crippen LogP contribution is -2.46. The van der Waals surface area contributed by atoms with E-state index in [0.29, 0.717) is 63.9 Å². The van der Waals surface area contributed by atoms with Gasteiger partial charge in [-0.05, 0) is 257 Å². The zero-order valence-corrected chi connectivity index (χ0v) is 88.4. The molecule has 1 heterocycles. The summed E-state index contributed by atoms with van der Waals surface area (Å²) in [6, 6.07) is 12.8. The van der Waals surface area contributed by atoms with E-state index in [1.807, 2.05) is 0 Å². The van der Waals surface area contributed by atoms with Crippen molar-refractivity contribution in [1.29, 1.82) is 0 Å². The molecule has 0 N–H and O–H groups in total. The summed E-state index contributed by atoms with van der Waals surface area (Å²) in [5, 5.41) is -2.04. The third-order valence-electron chi connectivity index (χ3n) is 24.7. The van der Waals surface area contributed by atoms with Gasteiger partial charge in [0.25, 0.3) is 66.5 Å². The van der Waals surface area contributed by atoms with Crippen LogP contribution in [0.2, 0.25) is 145 Å². The number of rotatable bonds is 25. The molecule has 5 rings (SSSR count). The van der Waals surface area contributed by atoms with Crippen LogP contribution in [0.1, 0.15) is 208 Å². The highest BCUT2D eigenvalue weighted by molar-refractivity contribution is 9.11. The second-order valence-corrected chi connectivity index (χ2v) is 83.0. The van der Waals surface area contributed by atoms with E-state index in [0.717, 1.165) is 0 Å². The first-order valence-electron chi connectivity index (χ1n) is 38.1. The Morgan fingerprint density at radius 3 is 0.700 bits per heavy atom. The molecule has 0 aliphatic carbocycles. The molecule has 620 valence electrons. The van der Waals surface area contributed by atoms with Crippen molar-refractivity contribution >= 4 is 154 Å². The number of ether oxygens (including phenoxy) is 5. The molecule has 17 nitrogen and oxygen atoms in total. The van der Waals surface area contributed by atoms with Crippen LogP contribution >= 0.6 is 63.7 Å². The maximum Gasteiger partial charge on any atom is 0.340 e. The van der Waals surface area contributed by atoms with E-state index in [4.69, 9.17) is 59.1 Å². The fourth-order valence-electron chi connectivity index (χ4n) is 8.77. The van der Waals surface area contributed by atoms with Crippen LogP contribution in [0, 0.1) is 0 Å². The molecule has 1 saturated heterocycles. The van der Waals surface area contributed by atoms with Crippen LogP contribution in [0.25, 0.3) is 0 Å². The second kappa shape index (κ2) is 33.3. The predicted molar refractivity (Wildman–Crippen MR) is 482 cm³/mol. The zero-order valence-electron chi connectivity index (χ0n) is 74.1. The van der Waals surface area contributed by atoms with Gasteiger partial charge in [0.2, 0.25) is 12.4 Å². The van der Waals surface area contributed by atoms with Crippen LogP contribution in [0.4, 0.5) is 0 Å². The highest BCUT2D eigenvalue weighted by Crippen LogP contribution is 2.53. The smallest absolute Gasteiger partial charge is 0.340 e. The van der Waals surface area contributed by atoms with Gasteiger partial charge in [-0.25, -0.2) is 19.2 Å². The van der Waals surface area contributed by atoms with Crippen LogP contribution in [0.5, 0.6) is 46.0 Å². The van der Waals surface area contributed by atoms with E-state index in [1.165, 1.54) is 0 Å². The first-order valence-corrected chi connectivity index (χ1v) is 64.6. The average molecular weight is 1920 g/mol. The van der Waals surface area contributed by atoms with Gasteiger partial charge < -0.3 is 59.1 Å². The monoisotopic (exact) mass is 1920 g/mol. The highest BCUT2D eigenvalue weighted by Gasteiger charge is 2.55. The van der Waals surface area contributed by atoms with Crippen molar-refractivity contribution in [3.8, 4) is 46.0 Å². The van der Waals surface area contributed by atoms with Crippen LogP contribution in [0.3, 0.4) is 0 Å². The molecule has 0 amide bonds. The predicted octanol–water partition coefficient (Wildman–Crippen LogP) is 27.0. The third kappa shape index (κ3) is 22.9. The van der Waals surface area contributed by atoms with Gasteiger partial charge in [-0.3, -0.25) is 0 Å². The van der Waals surface area contributed by atoms with Crippen LogP contribution in [0.15, 0.2) is 66.4 Å². The standard InChI is InChI=1S/C81H134Br4O17Si8/c1-74(2,3)103(25,26)95-58-45-50(41-54(82)63(58)99-107(33,34)78(13,14)15)69(86)90-49-62-67(92-70(87)51-42-55(83)64(100-108(35,36)79(16,17)18)59(46-51)96-104(27,28)75(4,5)6)68(93-71(88)52-43-56(84)65(101-109(37,38)80(19,20)21)60(47-52)97-105(29,30)76(7,8)9)73(91-62)94-72(89)53-44-57(85)66(102-110(39,40)81(22,23)24)61(48-53)98-106(31,32)77(10,11)12/h41-48,62,67-68,73H,49H2,1-40H3/t62-,67-,68-,73?/m1/s1. The van der Waals surface area contributed by atoms with Crippen molar-refractivity contribution in [3.63, 3.8) is 0 Å². The molecule has 0 saturated carbocycles. The Labute approximate surface area is 703 Å². The van der Waals surface area contributed by atoms with E-state index in [9.17, 15) is 0 Å². The van der Waals surface area contributed by atoms with Gasteiger partial charge in [0.1, 0.15) is 35.7 Å². The summed E-state index contributed by atoms with van der Waals surface area (Å²) >= 11 is 15.2. The summed E-state index contributed by atoms with van der Waals surface area (Å²) in [6.07, 6.45) is -6.89. The summed E-state index contributed by atoms with van der Waals surface area (Å²) in [4.78, 5) is 62.4. The fourth-order valence-corrected chi connectivity index (χ4v) is 19.6. The molecule has 29 heteroatoms. The van der Waals surface area contributed by atoms with Crippen molar-refractivity contribution in [3.05, 3.63) is 88.7 Å². The molecule has 1 aliphatic heterocycles. The van der Waals surface area contributed by atoms with Crippen molar-refractivity contribution in [2.75, 3.05) is 6.61 Å². The SMILES string of the molecule is CC(C)(C)[Si](C)(C)Oc1cc(C(=O)OC[C@H]2OC(OC(=O)c3cc(Br)c(O[Si](C)(C)C(C)(C)C)c(O[Si](C)(C)C(C)(C)C)c3)[C@H](OC(=O)c3cc(Br)c(O[Si](C)(C)C(C)(C)C)c(O[Si](C)(C)C(C)(C)C)c3)[C@@H]2OC(=O)c2cc(Br)c(O[Si](C)(C)C(C)(C)C)c(O[Si](C)(C)C(C)(C)C)c2)cc(Br)c1O[Si](C)(C)C(C)(C)C. The minimum Gasteiger partial charge on any atom is -0.541 e. The summed E-state index contributed by atoms with van der Waals surface area (Å²) in [5.74, 6) is -0.544. The number of hydrogen-bond donors (Lipinski definition) is 0. The minimum atomic E-state index is -2.70. The van der Waals surface area contributed by atoms with Gasteiger partial charge in [0.05, 0.1) is 40.1 Å². The van der Waals surface area contributed by atoms with E-state index < -0.39 is 122 Å². The number of benzene rings is 4. The first-order chi connectivity index (χ1) is 48.8. The molecule has 1 fully saturated rings. The number of carbonyl (C=O) groups is 4. The van der Waals surface area contributed by atoms with Crippen molar-refractivity contribution in [1.82, 2.24) is 0 Å². The maximum absolute atomic E-state index is 15.8. The topological polar surface area (TPSA) is 188 Å². The van der Waals surface area contributed by atoms with Crippen LogP contribution in [-0.4, -0.2) is 122 Å². The Balaban J connectivity index is 1.90. The Hall–Kier alpha value is -3.22. The summed E-state index contributed by atoms with van der Waals surface area (Å²) < 4.78 is 91.6. The molecule has 0 radical (unpaired) electrons. The maximum atomic E-state index is 15.8. The molecule has 0 aromatic heterocycles. The number of halogens is 4. The van der Waals surface area contributed by atoms with Gasteiger partial charge in [-0.2, -0.15) is 0 Å². The summed E-state index contributed by atoms with van der Waals surface area (Å²) in [5.41, 5.74) is 0.124. The van der Waals surface area contributed by atoms with Gasteiger partial charge in [-0.15, -0.1) is 0 Å². The first kappa shape index (κ1) is 97.4. The fraction of sp³-hybridized carbons (Fsp3) is 0.654. The number of carbonyl (C=O) groups excluding carboxylic acids is 4. The van der Waals surface area contributed by atoms with Gasteiger partial charge in [0.15, 0.2) is 29.1 Å². The van der Waals surface area contributed by atoms with E-state index >= 15 is 19.2 Å². The van der Waals surface area contributed by atoms with Gasteiger partial charge in [0, 0.05) is 0 Å². The highest BCUT2D eigenvalue weighted by atomic mass is 79.9. The molecule has 4 atom stereocenters. The quantitative estimate of drug-likeness (QED) is 0.0346. The van der Waals surface area contributed by atoms with Gasteiger partial charge >= 0.3 is 23.9 Å². The van der Waals surface area contributed by atoms with E-state index in [-0.39, 0.29) is 62.6 Å². The third-order valence-corrected chi connectivity index (χ3v) is 61.7. The minimum absolute atomic E-state index is 0.00261. The molecule has 0 spiro atoms. The molecule has 1 aliphatic rings. The largest absolute Gasteiger partial charge is 0.541 e. The van der Waals surface area contributed by atoms with Crippen LogP contribution < -0.4 is 35.4 Å². The molecule has 0 bridgehead atoms. The van der Waals surface area contributed by atoms with Gasteiger partial charge in [-0.1, -0.05) is 166 Å². The molecule has 110 heavy (non-hydrogen) atoms. The Morgan fingerprint density at radius 1 is 0.291 bits per heavy atom. The lowest BCUT2D eigenvalue weighted by atomic mass is 10.1. The van der Waals surface area contributed by atoms with Crippen LogP contribution in [-0.2, 0) is 23.7 Å². The lowest BCUT2D eigenvalue weighted by Gasteiger charge is -2.40. The molecule has 4 aromatic rings. The normalized spacial score (nSPS) is 17.2. The molecule has 4 aromatic carbocycles. The molecular formula is C81H134Br4O17Si8. The second-order valence-electron chi connectivity index (χ2n) is 41.8. The van der Waals surface area contributed by atoms with Crippen molar-refractivity contribution in [2.24, 2.45) is 0 Å². The van der Waals surface area contributed by atoms with Crippen molar-refractivity contribution in [2.45, 2.75) is 336 Å². The van der Waals surface area contributed by atoms with E-state index in [1.54, 1.807) is 48.5 Å². The lowest BCUT2D eigenvalue weighted by molar-refractivity contribution is -0.141. The Kier molecular flexibility index (Phi) is 29.5. The molecule has 1 unspecified atom stereocenters.